The lowest BCUT2D eigenvalue weighted by Gasteiger charge is -2.32. The molecule has 28 heavy (non-hydrogen) atoms. The first-order valence-corrected chi connectivity index (χ1v) is 10.1. The number of aldehydes is 1. The number of nitrogens with one attached hydrogen (secondary N) is 1. The molecule has 1 aromatic heterocycles. The Kier molecular flexibility index (Phi) is 6.59. The zero-order valence-corrected chi connectivity index (χ0v) is 18.0. The van der Waals surface area contributed by atoms with Gasteiger partial charge in [0.1, 0.15) is 12.1 Å². The minimum Gasteiger partial charge on any atom is -0.307 e. The number of rotatable bonds is 5. The Morgan fingerprint density at radius 1 is 1.21 bits per heavy atom. The molecule has 1 saturated heterocycles. The quantitative estimate of drug-likeness (QED) is 0.566. The molecule has 1 aliphatic heterocycles. The molecule has 0 atom stereocenters. The Hall–Kier alpha value is -2.09. The van der Waals surface area contributed by atoms with Gasteiger partial charge in [0.15, 0.2) is 0 Å². The van der Waals surface area contributed by atoms with Crippen LogP contribution in [0.1, 0.15) is 19.4 Å². The molecule has 1 aliphatic rings. The fourth-order valence-electron chi connectivity index (χ4n) is 3.19. The number of piperazine rings is 1. The van der Waals surface area contributed by atoms with Crippen molar-refractivity contribution in [3.05, 3.63) is 45.4 Å². The predicted octanol–water partition coefficient (Wildman–Crippen LogP) is 3.22. The molecule has 2 heterocycles. The number of halogens is 1. The summed E-state index contributed by atoms with van der Waals surface area (Å²) < 4.78 is 0.939. The fourth-order valence-corrected chi connectivity index (χ4v) is 3.54. The Bertz CT molecular complexity index is 933. The van der Waals surface area contributed by atoms with Crippen molar-refractivity contribution in [2.45, 2.75) is 20.4 Å². The minimum absolute atomic E-state index is 0.308. The largest absolute Gasteiger partial charge is 0.307 e. The van der Waals surface area contributed by atoms with Crippen molar-refractivity contribution in [2.75, 3.05) is 38.5 Å². The highest BCUT2D eigenvalue weighted by Crippen LogP contribution is 2.26. The van der Waals surface area contributed by atoms with E-state index in [2.05, 4.69) is 49.1 Å². The van der Waals surface area contributed by atoms with Gasteiger partial charge in [0.2, 0.25) is 0 Å². The van der Waals surface area contributed by atoms with Gasteiger partial charge in [0, 0.05) is 48.2 Å². The third-order valence-electron chi connectivity index (χ3n) is 5.20. The lowest BCUT2D eigenvalue weighted by Crippen LogP contribution is -2.43. The fraction of sp³-hybridized carbons (Fsp3) is 0.381. The number of aromatic nitrogens is 1. The third kappa shape index (κ3) is 4.84. The van der Waals surface area contributed by atoms with Gasteiger partial charge in [-0.1, -0.05) is 22.0 Å². The lowest BCUT2D eigenvalue weighted by molar-refractivity contribution is -0.113. The average Bonchev–Trinajstić information content (AvgIpc) is 2.68. The molecular formula is C21H25BrN4O2. The first kappa shape index (κ1) is 20.6. The van der Waals surface area contributed by atoms with Crippen LogP contribution in [-0.2, 0) is 16.1 Å². The van der Waals surface area contributed by atoms with Crippen molar-refractivity contribution in [2.24, 2.45) is 0 Å². The van der Waals surface area contributed by atoms with E-state index in [9.17, 15) is 9.59 Å². The summed E-state index contributed by atoms with van der Waals surface area (Å²) in [4.78, 5) is 32.8. The molecular weight excluding hydrogens is 420 g/mol. The molecule has 0 aliphatic carbocycles. The van der Waals surface area contributed by atoms with E-state index in [0.717, 1.165) is 53.7 Å². The van der Waals surface area contributed by atoms with Crippen LogP contribution >= 0.6 is 15.9 Å². The Balaban J connectivity index is 1.93. The van der Waals surface area contributed by atoms with E-state index in [0.29, 0.717) is 23.3 Å². The first-order chi connectivity index (χ1) is 13.4. The summed E-state index contributed by atoms with van der Waals surface area (Å²) in [7, 11) is 2.14. The molecule has 148 valence electrons. The van der Waals surface area contributed by atoms with Crippen molar-refractivity contribution in [3.63, 3.8) is 0 Å². The first-order valence-electron chi connectivity index (χ1n) is 9.31. The van der Waals surface area contributed by atoms with Crippen molar-refractivity contribution >= 4 is 44.8 Å². The molecule has 0 bridgehead atoms. The Morgan fingerprint density at radius 3 is 2.61 bits per heavy atom. The SMILES string of the molecule is C/C(C=O)=C(\C)C(=O)Nc1cc(CN2CCN(C)CC2)c2ccc(Br)cc2n1. The number of benzene rings is 1. The van der Waals surface area contributed by atoms with Gasteiger partial charge in [-0.3, -0.25) is 14.5 Å². The summed E-state index contributed by atoms with van der Waals surface area (Å²) in [6.07, 6.45) is 0.693. The maximum Gasteiger partial charge on any atom is 0.252 e. The summed E-state index contributed by atoms with van der Waals surface area (Å²) in [6, 6.07) is 7.97. The van der Waals surface area contributed by atoms with Gasteiger partial charge in [-0.05, 0) is 50.2 Å². The van der Waals surface area contributed by atoms with E-state index in [1.165, 1.54) is 0 Å². The van der Waals surface area contributed by atoms with Crippen molar-refractivity contribution in [3.8, 4) is 0 Å². The molecule has 2 aromatic rings. The molecule has 1 aromatic carbocycles. The third-order valence-corrected chi connectivity index (χ3v) is 5.69. The van der Waals surface area contributed by atoms with Crippen LogP contribution in [0.5, 0.6) is 0 Å². The molecule has 0 spiro atoms. The van der Waals surface area contributed by atoms with Gasteiger partial charge in [-0.2, -0.15) is 0 Å². The van der Waals surface area contributed by atoms with Crippen molar-refractivity contribution in [1.29, 1.82) is 0 Å². The molecule has 6 nitrogen and oxygen atoms in total. The highest BCUT2D eigenvalue weighted by atomic mass is 79.9. The lowest BCUT2D eigenvalue weighted by atomic mass is 10.1. The van der Waals surface area contributed by atoms with Gasteiger partial charge in [0.25, 0.3) is 5.91 Å². The smallest absolute Gasteiger partial charge is 0.252 e. The number of carbonyl (C=O) groups is 2. The van der Waals surface area contributed by atoms with Crippen LogP contribution in [0.3, 0.4) is 0 Å². The number of fused-ring (bicyclic) bond motifs is 1. The highest BCUT2D eigenvalue weighted by Gasteiger charge is 2.17. The van der Waals surface area contributed by atoms with Crippen molar-refractivity contribution in [1.82, 2.24) is 14.8 Å². The van der Waals surface area contributed by atoms with E-state index < -0.39 is 0 Å². The molecule has 0 radical (unpaired) electrons. The van der Waals surface area contributed by atoms with E-state index in [-0.39, 0.29) is 5.91 Å². The number of nitrogens with zero attached hydrogens (tertiary/aromatic N) is 3. The molecule has 0 saturated carbocycles. The topological polar surface area (TPSA) is 65.5 Å². The van der Waals surface area contributed by atoms with E-state index in [1.54, 1.807) is 13.8 Å². The predicted molar refractivity (Wildman–Crippen MR) is 115 cm³/mol. The second-order valence-corrected chi connectivity index (χ2v) is 8.20. The van der Waals surface area contributed by atoms with Crippen LogP contribution in [0.4, 0.5) is 5.82 Å². The minimum atomic E-state index is -0.308. The monoisotopic (exact) mass is 444 g/mol. The second kappa shape index (κ2) is 8.94. The average molecular weight is 445 g/mol. The van der Waals surface area contributed by atoms with Crippen LogP contribution < -0.4 is 5.32 Å². The van der Waals surface area contributed by atoms with Crippen LogP contribution in [-0.4, -0.2) is 60.2 Å². The molecule has 7 heteroatoms. The number of allylic oxidation sites excluding steroid dienone is 1. The molecule has 1 amide bonds. The van der Waals surface area contributed by atoms with Gasteiger partial charge < -0.3 is 10.2 Å². The van der Waals surface area contributed by atoms with Gasteiger partial charge >= 0.3 is 0 Å². The van der Waals surface area contributed by atoms with E-state index in [4.69, 9.17) is 0 Å². The summed E-state index contributed by atoms with van der Waals surface area (Å²) in [5.41, 5.74) is 2.77. The molecule has 0 unspecified atom stereocenters. The normalized spacial score (nSPS) is 16.7. The molecule has 1 N–H and O–H groups in total. The zero-order chi connectivity index (χ0) is 20.3. The standard InChI is InChI=1S/C21H25BrN4O2/c1-14(13-27)15(2)21(28)24-20-10-16(12-26-8-6-25(3)7-9-26)18-5-4-17(22)11-19(18)23-20/h4-5,10-11,13H,6-9,12H2,1-3H3,(H,23,24,28)/b15-14-. The molecule has 3 rings (SSSR count). The second-order valence-electron chi connectivity index (χ2n) is 7.29. The van der Waals surface area contributed by atoms with Gasteiger partial charge in [-0.25, -0.2) is 4.98 Å². The zero-order valence-electron chi connectivity index (χ0n) is 16.5. The number of carbonyl (C=O) groups excluding carboxylic acids is 2. The van der Waals surface area contributed by atoms with E-state index >= 15 is 0 Å². The van der Waals surface area contributed by atoms with E-state index in [1.807, 2.05) is 18.2 Å². The Labute approximate surface area is 173 Å². The number of anilines is 1. The maximum absolute atomic E-state index is 12.5. The number of hydrogen-bond donors (Lipinski definition) is 1. The highest BCUT2D eigenvalue weighted by molar-refractivity contribution is 9.10. The number of hydrogen-bond acceptors (Lipinski definition) is 5. The van der Waals surface area contributed by atoms with Crippen LogP contribution in [0, 0.1) is 0 Å². The number of likely N-dealkylation sites (N-methyl/N-ethyl adjacent to an activating group) is 1. The van der Waals surface area contributed by atoms with Crippen molar-refractivity contribution < 1.29 is 9.59 Å². The van der Waals surface area contributed by atoms with Gasteiger partial charge in [-0.15, -0.1) is 0 Å². The molecule has 1 fully saturated rings. The Morgan fingerprint density at radius 2 is 1.93 bits per heavy atom. The summed E-state index contributed by atoms with van der Waals surface area (Å²) in [5, 5.41) is 3.92. The van der Waals surface area contributed by atoms with Crippen LogP contribution in [0.15, 0.2) is 39.9 Å². The number of amides is 1. The summed E-state index contributed by atoms with van der Waals surface area (Å²) >= 11 is 3.50. The summed E-state index contributed by atoms with van der Waals surface area (Å²) in [6.45, 7) is 8.20. The summed E-state index contributed by atoms with van der Waals surface area (Å²) in [5.74, 6) is 0.190. The van der Waals surface area contributed by atoms with Gasteiger partial charge in [0.05, 0.1) is 5.52 Å². The maximum atomic E-state index is 12.5. The van der Waals surface area contributed by atoms with Crippen LogP contribution in [0.25, 0.3) is 10.9 Å². The number of pyridine rings is 1. The van der Waals surface area contributed by atoms with Crippen LogP contribution in [0.2, 0.25) is 0 Å².